The highest BCUT2D eigenvalue weighted by Gasteiger charge is 2.22. The summed E-state index contributed by atoms with van der Waals surface area (Å²) in [6.45, 7) is 3.98. The Bertz CT molecular complexity index is 812. The highest BCUT2D eigenvalue weighted by atomic mass is 32.1. The largest absolute Gasteiger partial charge is 0.493 e. The van der Waals surface area contributed by atoms with E-state index >= 15 is 0 Å². The highest BCUT2D eigenvalue weighted by Crippen LogP contribution is 2.35. The maximum Gasteiger partial charge on any atom is 0.191 e. The fourth-order valence-electron chi connectivity index (χ4n) is 3.92. The number of aromatic nitrogens is 1. The molecule has 2 aliphatic rings. The van der Waals surface area contributed by atoms with E-state index in [9.17, 15) is 0 Å². The molecule has 29 heavy (non-hydrogen) atoms. The van der Waals surface area contributed by atoms with E-state index in [2.05, 4.69) is 19.8 Å². The molecule has 0 atom stereocenters. The van der Waals surface area contributed by atoms with Crippen molar-refractivity contribution >= 4 is 22.4 Å². The zero-order chi connectivity index (χ0) is 20.1. The molecule has 2 fully saturated rings. The maximum absolute atomic E-state index is 6.32. The van der Waals surface area contributed by atoms with Crippen LogP contribution in [-0.4, -0.2) is 55.2 Å². The summed E-state index contributed by atoms with van der Waals surface area (Å²) in [7, 11) is 1.68. The number of methoxy groups -OCH3 is 1. The van der Waals surface area contributed by atoms with Crippen molar-refractivity contribution in [3.05, 3.63) is 35.3 Å². The molecule has 1 aliphatic heterocycles. The summed E-state index contributed by atoms with van der Waals surface area (Å²) >= 11 is 1.67. The number of aliphatic imine (C=N–C) groups is 1. The van der Waals surface area contributed by atoms with E-state index < -0.39 is 0 Å². The van der Waals surface area contributed by atoms with Gasteiger partial charge in [0.1, 0.15) is 0 Å². The van der Waals surface area contributed by atoms with Gasteiger partial charge in [0.2, 0.25) is 0 Å². The minimum atomic E-state index is 0.269. The second-order valence-electron chi connectivity index (χ2n) is 7.44. The van der Waals surface area contributed by atoms with Crippen LogP contribution in [0.1, 0.15) is 31.2 Å². The first-order valence-corrected chi connectivity index (χ1v) is 11.1. The lowest BCUT2D eigenvalue weighted by Crippen LogP contribution is -2.51. The average molecular weight is 416 g/mol. The van der Waals surface area contributed by atoms with E-state index in [1.807, 2.05) is 29.8 Å². The molecule has 8 heteroatoms. The molecule has 1 saturated carbocycles. The molecular formula is C21H29N5O2S. The summed E-state index contributed by atoms with van der Waals surface area (Å²) in [5, 5.41) is 3.09. The smallest absolute Gasteiger partial charge is 0.191 e. The Morgan fingerprint density at radius 1 is 1.24 bits per heavy atom. The maximum atomic E-state index is 6.32. The van der Waals surface area contributed by atoms with Crippen molar-refractivity contribution in [2.75, 3.05) is 38.2 Å². The number of rotatable bonds is 6. The van der Waals surface area contributed by atoms with Crippen molar-refractivity contribution in [2.45, 2.75) is 38.3 Å². The first-order valence-electron chi connectivity index (χ1n) is 10.3. The second-order valence-corrected chi connectivity index (χ2v) is 8.31. The Hall–Kier alpha value is -2.48. The van der Waals surface area contributed by atoms with E-state index in [4.69, 9.17) is 15.2 Å². The molecule has 2 heterocycles. The monoisotopic (exact) mass is 415 g/mol. The molecule has 1 aromatic carbocycles. The van der Waals surface area contributed by atoms with Gasteiger partial charge >= 0.3 is 0 Å². The van der Waals surface area contributed by atoms with Crippen LogP contribution < -0.4 is 20.1 Å². The summed E-state index contributed by atoms with van der Waals surface area (Å²) in [5.74, 6) is 2.16. The number of piperazine rings is 1. The van der Waals surface area contributed by atoms with Crippen molar-refractivity contribution in [3.63, 3.8) is 0 Å². The standard InChI is InChI=1S/C21H29N5O2S/c1-27-18-8-4-5-16(19(18)28-17-6-2-3-7-17)15-24-20(22)25-10-12-26(13-11-25)21-23-9-14-29-21/h4-5,8-9,14,17H,2-3,6-7,10-13,15H2,1H3,(H2,22,24). The van der Waals surface area contributed by atoms with Gasteiger partial charge in [0.05, 0.1) is 19.8 Å². The molecule has 4 rings (SSSR count). The number of guanidine groups is 1. The van der Waals surface area contributed by atoms with Crippen LogP contribution in [0.2, 0.25) is 0 Å². The van der Waals surface area contributed by atoms with E-state index in [1.54, 1.807) is 18.4 Å². The number of ether oxygens (including phenoxy) is 2. The van der Waals surface area contributed by atoms with Gasteiger partial charge in [-0.2, -0.15) is 0 Å². The Labute approximate surface area is 176 Å². The summed E-state index contributed by atoms with van der Waals surface area (Å²) in [6.07, 6.45) is 6.78. The molecule has 0 amide bonds. The SMILES string of the molecule is COc1cccc(CN=C(N)N2CCN(c3nccs3)CC2)c1OC1CCCC1. The number of anilines is 1. The van der Waals surface area contributed by atoms with Crippen LogP contribution in [0.25, 0.3) is 0 Å². The number of hydrogen-bond donors (Lipinski definition) is 1. The van der Waals surface area contributed by atoms with Crippen LogP contribution in [-0.2, 0) is 6.54 Å². The van der Waals surface area contributed by atoms with Crippen molar-refractivity contribution in [2.24, 2.45) is 10.7 Å². The molecule has 0 radical (unpaired) electrons. The van der Waals surface area contributed by atoms with Gasteiger partial charge in [0.25, 0.3) is 0 Å². The summed E-state index contributed by atoms with van der Waals surface area (Å²) in [5.41, 5.74) is 7.33. The van der Waals surface area contributed by atoms with Gasteiger partial charge in [0, 0.05) is 43.3 Å². The molecule has 2 aromatic rings. The predicted molar refractivity (Wildman–Crippen MR) is 117 cm³/mol. The number of para-hydroxylation sites is 1. The molecule has 1 aromatic heterocycles. The fraction of sp³-hybridized carbons (Fsp3) is 0.524. The lowest BCUT2D eigenvalue weighted by Gasteiger charge is -2.35. The van der Waals surface area contributed by atoms with Crippen molar-refractivity contribution in [1.29, 1.82) is 0 Å². The lowest BCUT2D eigenvalue weighted by molar-refractivity contribution is 0.198. The summed E-state index contributed by atoms with van der Waals surface area (Å²) < 4.78 is 11.8. The fourth-order valence-corrected chi connectivity index (χ4v) is 4.62. The molecule has 0 bridgehead atoms. The quantitative estimate of drug-likeness (QED) is 0.577. The third kappa shape index (κ3) is 4.75. The molecular weight excluding hydrogens is 386 g/mol. The van der Waals surface area contributed by atoms with E-state index in [1.165, 1.54) is 12.8 Å². The van der Waals surface area contributed by atoms with Crippen LogP contribution in [0, 0.1) is 0 Å². The normalized spacial score (nSPS) is 18.3. The van der Waals surface area contributed by atoms with Crippen LogP contribution in [0.5, 0.6) is 11.5 Å². The van der Waals surface area contributed by atoms with Crippen molar-refractivity contribution in [1.82, 2.24) is 9.88 Å². The van der Waals surface area contributed by atoms with Gasteiger partial charge in [-0.05, 0) is 31.7 Å². The molecule has 7 nitrogen and oxygen atoms in total. The molecule has 0 spiro atoms. The number of thiazole rings is 1. The number of nitrogens with zero attached hydrogens (tertiary/aromatic N) is 4. The van der Waals surface area contributed by atoms with Gasteiger partial charge in [0.15, 0.2) is 22.6 Å². The Morgan fingerprint density at radius 3 is 2.72 bits per heavy atom. The van der Waals surface area contributed by atoms with E-state index in [0.717, 1.165) is 61.2 Å². The number of benzene rings is 1. The van der Waals surface area contributed by atoms with Gasteiger partial charge in [-0.25, -0.2) is 9.98 Å². The van der Waals surface area contributed by atoms with Gasteiger partial charge in [-0.3, -0.25) is 0 Å². The Morgan fingerprint density at radius 2 is 2.03 bits per heavy atom. The first-order chi connectivity index (χ1) is 14.2. The molecule has 0 unspecified atom stereocenters. The number of hydrogen-bond acceptors (Lipinski definition) is 6. The van der Waals surface area contributed by atoms with Gasteiger partial charge in [-0.1, -0.05) is 12.1 Å². The Balaban J connectivity index is 1.40. The third-order valence-electron chi connectivity index (χ3n) is 5.57. The Kier molecular flexibility index (Phi) is 6.39. The minimum absolute atomic E-state index is 0.269. The molecule has 1 aliphatic carbocycles. The second kappa shape index (κ2) is 9.35. The average Bonchev–Trinajstić information content (AvgIpc) is 3.47. The van der Waals surface area contributed by atoms with Crippen molar-refractivity contribution in [3.8, 4) is 11.5 Å². The van der Waals surface area contributed by atoms with E-state index in [-0.39, 0.29) is 6.10 Å². The van der Waals surface area contributed by atoms with Gasteiger partial charge in [-0.15, -0.1) is 11.3 Å². The summed E-state index contributed by atoms with van der Waals surface area (Å²) in [4.78, 5) is 13.5. The predicted octanol–water partition coefficient (Wildman–Crippen LogP) is 3.11. The third-order valence-corrected chi connectivity index (χ3v) is 6.40. The van der Waals surface area contributed by atoms with Crippen LogP contribution >= 0.6 is 11.3 Å². The molecule has 1 saturated heterocycles. The minimum Gasteiger partial charge on any atom is -0.493 e. The summed E-state index contributed by atoms with van der Waals surface area (Å²) in [6, 6.07) is 5.97. The first kappa shape index (κ1) is 19.8. The number of nitrogens with two attached hydrogens (primary N) is 1. The highest BCUT2D eigenvalue weighted by molar-refractivity contribution is 7.13. The zero-order valence-electron chi connectivity index (χ0n) is 16.9. The molecule has 156 valence electrons. The van der Waals surface area contributed by atoms with Gasteiger partial charge < -0.3 is 25.0 Å². The van der Waals surface area contributed by atoms with Crippen LogP contribution in [0.15, 0.2) is 34.8 Å². The lowest BCUT2D eigenvalue weighted by atomic mass is 10.1. The van der Waals surface area contributed by atoms with Crippen LogP contribution in [0.3, 0.4) is 0 Å². The topological polar surface area (TPSA) is 76.2 Å². The molecule has 2 N–H and O–H groups in total. The van der Waals surface area contributed by atoms with E-state index in [0.29, 0.717) is 12.5 Å². The zero-order valence-corrected chi connectivity index (χ0v) is 17.7. The van der Waals surface area contributed by atoms with Crippen molar-refractivity contribution < 1.29 is 9.47 Å². The van der Waals surface area contributed by atoms with Crippen LogP contribution in [0.4, 0.5) is 5.13 Å².